The number of rotatable bonds is 0. The fourth-order valence-electron chi connectivity index (χ4n) is 0. The van der Waals surface area contributed by atoms with Crippen molar-refractivity contribution in [3.8, 4) is 0 Å². The van der Waals surface area contributed by atoms with Gasteiger partial charge in [-0.1, -0.05) is 360 Å². The van der Waals surface area contributed by atoms with Gasteiger partial charge in [0.25, 0.3) is 0 Å². The lowest BCUT2D eigenvalue weighted by molar-refractivity contribution is 1.50. The molecular formula is C80H212. The molecule has 0 atom stereocenters. The molecule has 0 aliphatic carbocycles. The van der Waals surface area contributed by atoms with Crippen LogP contribution in [0.15, 0.2) is 184 Å². The van der Waals surface area contributed by atoms with Gasteiger partial charge in [0, 0.05) is 0 Å². The zero-order valence-electron chi connectivity index (χ0n) is 71.8. The van der Waals surface area contributed by atoms with Gasteiger partial charge in [-0.25, -0.2) is 0 Å². The minimum Gasteiger partial charge on any atom is -0.106 e. The molecule has 0 spiro atoms. The third-order valence-electron chi connectivity index (χ3n) is 0. The molecule has 0 heteroatoms. The van der Waals surface area contributed by atoms with Crippen molar-refractivity contribution in [1.82, 2.24) is 0 Å². The van der Waals surface area contributed by atoms with Gasteiger partial charge in [0.2, 0.25) is 0 Å². The predicted molar refractivity (Wildman–Crippen MR) is 453 cm³/mol. The SMILES string of the molecule is C=C.C=C.C=C.C=C.C=C.C=C.C=C.C=C.C=C.C=C.C=C.C=C.C=C.C=C.CC.CC.CC.CC.CC.CC.CC.CC.CC.CC.CC.CC.CC.CC.CC.CC.CC.CC.CC.CC.CC.CC.CC.CC.CC.CC. The molecule has 0 aliphatic heterocycles. The molecule has 80 heavy (non-hydrogen) atoms. The molecule has 0 nitrogen and oxygen atoms in total. The monoisotopic (exact) mass is 1170 g/mol. The van der Waals surface area contributed by atoms with Crippen LogP contribution in [0.2, 0.25) is 0 Å². The highest BCUT2D eigenvalue weighted by Gasteiger charge is 0.986. The van der Waals surface area contributed by atoms with Crippen molar-refractivity contribution in [1.29, 1.82) is 0 Å². The molecule has 0 fully saturated rings. The van der Waals surface area contributed by atoms with Crippen LogP contribution < -0.4 is 0 Å². The first-order valence-electron chi connectivity index (χ1n) is 33.0. The highest BCUT2D eigenvalue weighted by atomic mass is 13.1. The Bertz CT molecular complexity index is 53.3. The predicted octanol–water partition coefficient (Wildman–Crippen LogP) is 37.9. The van der Waals surface area contributed by atoms with E-state index in [9.17, 15) is 0 Å². The Morgan fingerprint density at radius 2 is 0.0500 bits per heavy atom. The van der Waals surface area contributed by atoms with Gasteiger partial charge in [0.05, 0.1) is 0 Å². The molecule has 0 amide bonds. The minimum absolute atomic E-state index is 2.00. The summed E-state index contributed by atoms with van der Waals surface area (Å²) in [7, 11) is 0. The average Bonchev–Trinajstić information content (AvgIpc) is 3.71. The quantitative estimate of drug-likeness (QED) is 0.212. The smallest absolute Gasteiger partial charge is 0.0683 e. The Hall–Kier alpha value is -3.64. The van der Waals surface area contributed by atoms with Gasteiger partial charge in [0.1, 0.15) is 0 Å². The fraction of sp³-hybridized carbons (Fsp3) is 0.650. The summed E-state index contributed by atoms with van der Waals surface area (Å²) in [6.07, 6.45) is 0. The van der Waals surface area contributed by atoms with Crippen molar-refractivity contribution in [2.75, 3.05) is 0 Å². The van der Waals surface area contributed by atoms with Crippen LogP contribution >= 0.6 is 0 Å². The summed E-state index contributed by atoms with van der Waals surface area (Å²) in [4.78, 5) is 0. The molecule has 532 valence electrons. The summed E-state index contributed by atoms with van der Waals surface area (Å²) < 4.78 is 0. The lowest BCUT2D eigenvalue weighted by Crippen LogP contribution is -0.856. The Labute approximate surface area is 541 Å². The lowest BCUT2D eigenvalue weighted by Gasteiger charge is -1.07. The third kappa shape index (κ3) is 30200. The van der Waals surface area contributed by atoms with E-state index in [1.807, 2.05) is 360 Å². The van der Waals surface area contributed by atoms with Gasteiger partial charge < -0.3 is 0 Å². The zero-order valence-corrected chi connectivity index (χ0v) is 71.8. The molecule has 0 radical (unpaired) electrons. The van der Waals surface area contributed by atoms with Crippen LogP contribution in [0.1, 0.15) is 360 Å². The van der Waals surface area contributed by atoms with E-state index in [-0.39, 0.29) is 0 Å². The topological polar surface area (TPSA) is 0 Å². The van der Waals surface area contributed by atoms with Gasteiger partial charge in [-0.3, -0.25) is 0 Å². The Morgan fingerprint density at radius 3 is 0.0500 bits per heavy atom. The number of hydrogen-bond acceptors (Lipinski definition) is 0. The van der Waals surface area contributed by atoms with Crippen molar-refractivity contribution >= 4 is 0 Å². The number of hydrogen-bond donors (Lipinski definition) is 0. The van der Waals surface area contributed by atoms with Crippen molar-refractivity contribution in [2.45, 2.75) is 360 Å². The van der Waals surface area contributed by atoms with Crippen molar-refractivity contribution in [2.24, 2.45) is 0 Å². The highest BCUT2D eigenvalue weighted by Crippen LogP contribution is 1.20. The minimum atomic E-state index is 2.00. The maximum absolute atomic E-state index is 3.00. The summed E-state index contributed by atoms with van der Waals surface area (Å²) in [6, 6.07) is 0. The molecule has 0 saturated carbocycles. The zero-order chi connectivity index (χ0) is 80.0. The summed E-state index contributed by atoms with van der Waals surface area (Å²) in [5.41, 5.74) is 0. The molecule has 0 aromatic heterocycles. The summed E-state index contributed by atoms with van der Waals surface area (Å²) in [6.45, 7) is 188. The maximum Gasteiger partial charge on any atom is -0.0683 e. The maximum atomic E-state index is 3.00. The molecule has 0 saturated heterocycles. The standard InChI is InChI=1S/26C2H6.14C2H4/c40*1-2/h26*1-2H3;14*1-2H2. The molecular weight excluding hydrogens is 961 g/mol. The molecule has 0 N–H and O–H groups in total. The average molecular weight is 1170 g/mol. The largest absolute Gasteiger partial charge is 0.106 e. The van der Waals surface area contributed by atoms with E-state index in [4.69, 9.17) is 0 Å². The van der Waals surface area contributed by atoms with E-state index in [1.165, 1.54) is 0 Å². The van der Waals surface area contributed by atoms with Crippen LogP contribution in [-0.4, -0.2) is 0 Å². The van der Waals surface area contributed by atoms with Crippen molar-refractivity contribution in [3.05, 3.63) is 184 Å². The van der Waals surface area contributed by atoms with Crippen molar-refractivity contribution in [3.63, 3.8) is 0 Å². The van der Waals surface area contributed by atoms with Crippen LogP contribution in [0, 0.1) is 0 Å². The Morgan fingerprint density at radius 1 is 0.0500 bits per heavy atom. The van der Waals surface area contributed by atoms with Crippen molar-refractivity contribution < 1.29 is 0 Å². The molecule has 0 heterocycles. The van der Waals surface area contributed by atoms with Gasteiger partial charge in [-0.05, 0) is 0 Å². The van der Waals surface area contributed by atoms with E-state index in [2.05, 4.69) is 184 Å². The summed E-state index contributed by atoms with van der Waals surface area (Å²) in [5, 5.41) is 0. The van der Waals surface area contributed by atoms with Crippen LogP contribution in [0.5, 0.6) is 0 Å². The first-order chi connectivity index (χ1) is 40.0. The third-order valence-corrected chi connectivity index (χ3v) is 0. The van der Waals surface area contributed by atoms with Crippen LogP contribution in [0.3, 0.4) is 0 Å². The van der Waals surface area contributed by atoms with E-state index in [1.54, 1.807) is 0 Å². The van der Waals surface area contributed by atoms with Crippen LogP contribution in [-0.2, 0) is 0 Å². The highest BCUT2D eigenvalue weighted by molar-refractivity contribution is 4.25. The summed E-state index contributed by atoms with van der Waals surface area (Å²) in [5.74, 6) is 0. The second-order valence-electron chi connectivity index (χ2n) is 0. The first-order valence-corrected chi connectivity index (χ1v) is 33.0. The van der Waals surface area contributed by atoms with Gasteiger partial charge >= 0.3 is 0 Å². The van der Waals surface area contributed by atoms with Gasteiger partial charge in [0.15, 0.2) is 0 Å². The van der Waals surface area contributed by atoms with Gasteiger partial charge in [-0.15, -0.1) is 184 Å². The second kappa shape index (κ2) is 31400. The van der Waals surface area contributed by atoms with E-state index < -0.39 is 0 Å². The summed E-state index contributed by atoms with van der Waals surface area (Å²) >= 11 is 0. The molecule has 0 unspecified atom stereocenters. The fourth-order valence-corrected chi connectivity index (χ4v) is 0. The first kappa shape index (κ1) is 328. The van der Waals surface area contributed by atoms with E-state index in [0.29, 0.717) is 0 Å². The van der Waals surface area contributed by atoms with E-state index >= 15 is 0 Å². The van der Waals surface area contributed by atoms with Crippen LogP contribution in [0.25, 0.3) is 0 Å². The molecule has 0 bridgehead atoms. The molecule has 0 rings (SSSR count). The normalized spacial score (nSPS) is 2.65. The second-order valence-corrected chi connectivity index (χ2v) is 0. The molecule has 0 aromatic carbocycles. The van der Waals surface area contributed by atoms with Gasteiger partial charge in [-0.2, -0.15) is 0 Å². The Balaban J connectivity index is -0.00000000540. The molecule has 0 aliphatic rings. The van der Waals surface area contributed by atoms with Crippen LogP contribution in [0.4, 0.5) is 0 Å². The molecule has 0 aromatic rings. The lowest BCUT2D eigenvalue weighted by atomic mass is 11.0. The Kier molecular flexibility index (Phi) is 129000. The van der Waals surface area contributed by atoms with E-state index in [0.717, 1.165) is 0 Å².